The van der Waals surface area contributed by atoms with E-state index >= 15 is 0 Å². The molecule has 0 aromatic carbocycles. The van der Waals surface area contributed by atoms with Gasteiger partial charge in [0.25, 0.3) is 0 Å². The molecule has 1 atom stereocenters. The summed E-state index contributed by atoms with van der Waals surface area (Å²) in [7, 11) is 0. The van der Waals surface area contributed by atoms with E-state index < -0.39 is 0 Å². The van der Waals surface area contributed by atoms with Gasteiger partial charge in [0.1, 0.15) is 0 Å². The fourth-order valence-corrected chi connectivity index (χ4v) is 5.17. The zero-order chi connectivity index (χ0) is 23.4. The van der Waals surface area contributed by atoms with Crippen molar-refractivity contribution in [2.45, 2.75) is 66.8 Å². The van der Waals surface area contributed by atoms with E-state index in [0.717, 1.165) is 63.2 Å². The minimum Gasteiger partial charge on any atom is -0.355 e. The molecule has 3 aromatic rings. The van der Waals surface area contributed by atoms with E-state index in [2.05, 4.69) is 75.8 Å². The van der Waals surface area contributed by atoms with Crippen molar-refractivity contribution in [1.29, 1.82) is 0 Å². The molecule has 33 heavy (non-hydrogen) atoms. The molecule has 0 aliphatic carbocycles. The second-order valence-corrected chi connectivity index (χ2v) is 9.53. The first kappa shape index (κ1) is 21.7. The van der Waals surface area contributed by atoms with Crippen LogP contribution in [0.15, 0.2) is 18.2 Å². The van der Waals surface area contributed by atoms with E-state index in [9.17, 15) is 0 Å². The van der Waals surface area contributed by atoms with Crippen molar-refractivity contribution in [2.75, 3.05) is 0 Å². The summed E-state index contributed by atoms with van der Waals surface area (Å²) < 4.78 is 0. The molecule has 0 saturated heterocycles. The van der Waals surface area contributed by atoms with Crippen LogP contribution < -0.4 is 5.73 Å². The third kappa shape index (κ3) is 3.51. The summed E-state index contributed by atoms with van der Waals surface area (Å²) in [4.78, 5) is 17.4. The molecule has 0 radical (unpaired) electrons. The van der Waals surface area contributed by atoms with Crippen molar-refractivity contribution < 1.29 is 0 Å². The zero-order valence-electron chi connectivity index (χ0n) is 20.5. The van der Waals surface area contributed by atoms with Gasteiger partial charge in [-0.2, -0.15) is 0 Å². The van der Waals surface area contributed by atoms with Crippen LogP contribution in [-0.2, 0) is 19.4 Å². The summed E-state index contributed by atoms with van der Waals surface area (Å²) in [5.41, 5.74) is 22.2. The van der Waals surface area contributed by atoms with E-state index in [1.54, 1.807) is 0 Å². The number of nitrogens with two attached hydrogens (primary N) is 1. The van der Waals surface area contributed by atoms with Gasteiger partial charge >= 0.3 is 0 Å². The number of hydrogen-bond acceptors (Lipinski definition) is 3. The molecular weight excluding hydrogens is 406 g/mol. The summed E-state index contributed by atoms with van der Waals surface area (Å²) in [6.45, 7) is 13.6. The number of aromatic nitrogens is 4. The van der Waals surface area contributed by atoms with E-state index in [1.807, 2.05) is 0 Å². The zero-order valence-corrected chi connectivity index (χ0v) is 20.5. The Balaban J connectivity index is 1.98. The van der Waals surface area contributed by atoms with Crippen molar-refractivity contribution in [2.24, 2.45) is 5.73 Å². The third-order valence-electron chi connectivity index (χ3n) is 7.41. The fourth-order valence-electron chi connectivity index (χ4n) is 5.17. The second kappa shape index (κ2) is 7.99. The Morgan fingerprint density at radius 2 is 1.55 bits per heavy atom. The number of aromatic amines is 2. The van der Waals surface area contributed by atoms with Crippen LogP contribution in [0.1, 0.15) is 77.3 Å². The second-order valence-electron chi connectivity index (χ2n) is 9.53. The van der Waals surface area contributed by atoms with Crippen LogP contribution in [0.3, 0.4) is 0 Å². The molecule has 0 saturated carbocycles. The Morgan fingerprint density at radius 3 is 2.24 bits per heavy atom. The molecule has 3 aromatic heterocycles. The number of H-pyrrole nitrogens is 2. The first-order valence-electron chi connectivity index (χ1n) is 11.9. The maximum atomic E-state index is 6.19. The molecular formula is C28H33N5. The maximum Gasteiger partial charge on any atom is 0.0687 e. The molecule has 4 N–H and O–H groups in total. The Morgan fingerprint density at radius 1 is 0.879 bits per heavy atom. The lowest BCUT2D eigenvalue weighted by molar-refractivity contribution is 0.793. The summed E-state index contributed by atoms with van der Waals surface area (Å²) in [6.07, 6.45) is 4.08. The monoisotopic (exact) mass is 439 g/mol. The average Bonchev–Trinajstić information content (AvgIpc) is 3.49. The van der Waals surface area contributed by atoms with Crippen molar-refractivity contribution in [1.82, 2.24) is 19.9 Å². The Hall–Kier alpha value is -3.18. The normalized spacial score (nSPS) is 15.7. The van der Waals surface area contributed by atoms with Crippen LogP contribution in [0, 0.1) is 20.8 Å². The Bertz CT molecular complexity index is 1470. The van der Waals surface area contributed by atoms with Crippen LogP contribution in [0.4, 0.5) is 0 Å². The molecule has 5 rings (SSSR count). The molecule has 2 aliphatic rings. The SMILES string of the molecule is CCc1c(C)c2cc3[nH]c(cc4nc(c(C)c5nc(cc1[nH]2)C(C)=C5)CC4C)c(C)c3CN. The number of rotatable bonds is 2. The Kier molecular flexibility index (Phi) is 5.25. The number of aryl methyl sites for hydroxylation is 3. The van der Waals surface area contributed by atoms with E-state index in [-0.39, 0.29) is 0 Å². The van der Waals surface area contributed by atoms with Crippen LogP contribution in [0.2, 0.25) is 0 Å². The predicted molar refractivity (Wildman–Crippen MR) is 138 cm³/mol. The molecule has 5 heterocycles. The largest absolute Gasteiger partial charge is 0.355 e. The van der Waals surface area contributed by atoms with Gasteiger partial charge in [0.05, 0.1) is 11.4 Å². The third-order valence-corrected chi connectivity index (χ3v) is 7.41. The van der Waals surface area contributed by atoms with Gasteiger partial charge in [-0.3, -0.25) is 4.98 Å². The van der Waals surface area contributed by atoms with E-state index in [0.29, 0.717) is 12.5 Å². The van der Waals surface area contributed by atoms with Gasteiger partial charge in [-0.15, -0.1) is 0 Å². The fraction of sp³-hybridized carbons (Fsp3) is 0.357. The highest BCUT2D eigenvalue weighted by Crippen LogP contribution is 2.31. The first-order valence-corrected chi connectivity index (χ1v) is 11.9. The van der Waals surface area contributed by atoms with E-state index in [4.69, 9.17) is 15.7 Å². The molecule has 2 aliphatic heterocycles. The van der Waals surface area contributed by atoms with E-state index in [1.165, 1.54) is 27.8 Å². The summed E-state index contributed by atoms with van der Waals surface area (Å²) in [5.74, 6) is 0.365. The average molecular weight is 440 g/mol. The van der Waals surface area contributed by atoms with Gasteiger partial charge < -0.3 is 15.7 Å². The molecule has 8 bridgehead atoms. The van der Waals surface area contributed by atoms with Gasteiger partial charge in [0.2, 0.25) is 0 Å². The summed E-state index contributed by atoms with van der Waals surface area (Å²) in [6, 6.07) is 6.60. The first-order chi connectivity index (χ1) is 15.8. The van der Waals surface area contributed by atoms with Gasteiger partial charge in [-0.05, 0) is 98.2 Å². The highest BCUT2D eigenvalue weighted by molar-refractivity contribution is 5.85. The molecule has 1 unspecified atom stereocenters. The standard InChI is InChI=1S/C28H33N5/c1-7-19-16(4)26-12-28-20(13-29)17(5)25(33-28)10-21-14(2)8-23(30-21)18(6)24-9-15(3)22(31-24)11-27(19)32-26/h9-12,14,32-33H,7-8,13,29H2,1-6H3. The minimum atomic E-state index is 0.365. The van der Waals surface area contributed by atoms with Gasteiger partial charge in [0, 0.05) is 45.9 Å². The molecule has 0 amide bonds. The van der Waals surface area contributed by atoms with Gasteiger partial charge in [0.15, 0.2) is 0 Å². The highest BCUT2D eigenvalue weighted by atomic mass is 14.8. The number of nitrogens with zero attached hydrogens (tertiary/aromatic N) is 2. The van der Waals surface area contributed by atoms with Gasteiger partial charge in [-0.1, -0.05) is 13.8 Å². The minimum absolute atomic E-state index is 0.365. The highest BCUT2D eigenvalue weighted by Gasteiger charge is 2.20. The van der Waals surface area contributed by atoms with Crippen LogP contribution in [0.25, 0.3) is 33.7 Å². The smallest absolute Gasteiger partial charge is 0.0687 e. The summed E-state index contributed by atoms with van der Waals surface area (Å²) >= 11 is 0. The van der Waals surface area contributed by atoms with Crippen molar-refractivity contribution in [3.63, 3.8) is 0 Å². The quantitative estimate of drug-likeness (QED) is 0.446. The lowest BCUT2D eigenvalue weighted by atomic mass is 10.0. The van der Waals surface area contributed by atoms with Gasteiger partial charge in [-0.25, -0.2) is 4.98 Å². The lowest BCUT2D eigenvalue weighted by Gasteiger charge is -2.00. The predicted octanol–water partition coefficient (Wildman–Crippen LogP) is 6.17. The number of hydrogen-bond donors (Lipinski definition) is 3. The van der Waals surface area contributed by atoms with Crippen LogP contribution in [0.5, 0.6) is 0 Å². The molecule has 0 fully saturated rings. The number of allylic oxidation sites excluding steroid dienone is 1. The molecule has 5 heteroatoms. The molecule has 0 spiro atoms. The maximum absolute atomic E-state index is 6.19. The van der Waals surface area contributed by atoms with Crippen molar-refractivity contribution >= 4 is 33.7 Å². The lowest BCUT2D eigenvalue weighted by Crippen LogP contribution is -1.96. The summed E-state index contributed by atoms with van der Waals surface area (Å²) in [5, 5.41) is 0. The van der Waals surface area contributed by atoms with Crippen molar-refractivity contribution in [3.8, 4) is 0 Å². The number of fused-ring (bicyclic) bond motifs is 8. The van der Waals surface area contributed by atoms with Crippen LogP contribution >= 0.6 is 0 Å². The number of nitrogens with one attached hydrogen (secondary N) is 2. The van der Waals surface area contributed by atoms with Crippen molar-refractivity contribution in [3.05, 3.63) is 68.8 Å². The topological polar surface area (TPSA) is 83.4 Å². The molecule has 5 nitrogen and oxygen atoms in total. The molecule has 170 valence electrons. The Labute approximate surface area is 195 Å². The van der Waals surface area contributed by atoms with Crippen LogP contribution in [-0.4, -0.2) is 19.9 Å².